The predicted octanol–water partition coefficient (Wildman–Crippen LogP) is -0.791. The Kier molecular flexibility index (Phi) is 8.97. The van der Waals surface area contributed by atoms with Crippen LogP contribution in [0.15, 0.2) is 85.1 Å². The zero-order chi connectivity index (χ0) is 15.5. The summed E-state index contributed by atoms with van der Waals surface area (Å²) >= 11 is 0. The molecule has 0 aliphatic heterocycles. The van der Waals surface area contributed by atoms with Crippen molar-refractivity contribution < 1.29 is 46.5 Å². The predicted molar refractivity (Wildman–Crippen MR) is 95.7 cm³/mol. The van der Waals surface area contributed by atoms with Crippen LogP contribution in [0.3, 0.4) is 0 Å². The minimum absolute atomic E-state index is 0. The number of fused-ring (bicyclic) bond motifs is 2. The molecule has 0 unspecified atom stereocenters. The molecule has 0 bridgehead atoms. The van der Waals surface area contributed by atoms with Crippen molar-refractivity contribution in [1.29, 1.82) is 0 Å². The number of hydrogen-bond acceptors (Lipinski definition) is 1. The molecule has 0 N–H and O–H groups in total. The second kappa shape index (κ2) is 10.4. The van der Waals surface area contributed by atoms with Crippen molar-refractivity contribution >= 4 is 21.7 Å². The molecular formula is C21H16Cl2N2Ti. The van der Waals surface area contributed by atoms with Crippen LogP contribution in [0.5, 0.6) is 0 Å². The molecule has 0 amide bonds. The first kappa shape index (κ1) is 22.3. The van der Waals surface area contributed by atoms with Crippen molar-refractivity contribution in [3.8, 4) is 5.69 Å². The molecule has 128 valence electrons. The fraction of sp³-hybridized carbons (Fsp3) is 0.0476. The summed E-state index contributed by atoms with van der Waals surface area (Å²) in [6.45, 7) is 0. The third kappa shape index (κ3) is 4.93. The molecule has 0 saturated heterocycles. The van der Waals surface area contributed by atoms with Gasteiger partial charge in [-0.25, -0.2) is 12.2 Å². The van der Waals surface area contributed by atoms with E-state index in [0.29, 0.717) is 0 Å². The number of nitrogens with zero attached hydrogens (tertiary/aromatic N) is 2. The first-order valence-corrected chi connectivity index (χ1v) is 7.72. The normalized spacial score (nSPS) is 11.2. The Hall–Kier alpha value is -1.71. The molecule has 3 aromatic carbocycles. The summed E-state index contributed by atoms with van der Waals surface area (Å²) in [5.41, 5.74) is 2.15. The molecule has 5 rings (SSSR count). The molecule has 5 heteroatoms. The van der Waals surface area contributed by atoms with Crippen LogP contribution in [0.1, 0.15) is 6.42 Å². The maximum atomic E-state index is 4.59. The Balaban J connectivity index is 0.000000372. The maximum Gasteiger partial charge on any atom is 4.00 e. The minimum atomic E-state index is 0. The average Bonchev–Trinajstić information content (AvgIpc) is 3.33. The zero-order valence-corrected chi connectivity index (χ0v) is 17.0. The second-order valence-corrected chi connectivity index (χ2v) is 5.48. The Morgan fingerprint density at radius 2 is 1.69 bits per heavy atom. The zero-order valence-electron chi connectivity index (χ0n) is 13.9. The number of aromatic nitrogens is 2. The van der Waals surface area contributed by atoms with Gasteiger partial charge in [-0.1, -0.05) is 24.3 Å². The minimum Gasteiger partial charge on any atom is -1.00 e. The summed E-state index contributed by atoms with van der Waals surface area (Å²) in [6, 6.07) is 20.9. The molecule has 1 aromatic heterocycles. The van der Waals surface area contributed by atoms with E-state index in [0.717, 1.165) is 17.6 Å². The van der Waals surface area contributed by atoms with Gasteiger partial charge in [-0.3, -0.25) is 10.8 Å². The van der Waals surface area contributed by atoms with Crippen LogP contribution in [-0.4, -0.2) is 9.78 Å². The molecule has 1 aliphatic carbocycles. The Bertz CT molecular complexity index is 867. The Labute approximate surface area is 180 Å². The number of benzene rings is 2. The van der Waals surface area contributed by atoms with Crippen LogP contribution in [0.25, 0.3) is 27.4 Å². The standard InChI is InChI=1S/C16H11N2.C5H5.2ClH.Ti/c1-2-6-13-10-15(9-12(13)5-1)18-11-14-7-3-4-8-16(14)17-18;1-2-4-5-3-1;;;/h1-11H;1-3H,4H2;2*1H;/q2*-1;;;+4/p-2. The number of halogens is 2. The molecule has 0 spiro atoms. The SMILES string of the molecule is [C-]1=CC=CC1.[Cl-].[Cl-].[Ti+4].c1ccc2[cH-]c(-n3cc4ccccc4n3)cc2c1. The molecule has 1 heterocycles. The molecular weight excluding hydrogens is 399 g/mol. The van der Waals surface area contributed by atoms with Gasteiger partial charge in [-0.15, -0.1) is 47.5 Å². The van der Waals surface area contributed by atoms with E-state index in [9.17, 15) is 0 Å². The molecule has 0 saturated carbocycles. The van der Waals surface area contributed by atoms with Crippen LogP contribution < -0.4 is 24.8 Å². The van der Waals surface area contributed by atoms with Gasteiger partial charge in [0.1, 0.15) is 0 Å². The van der Waals surface area contributed by atoms with Gasteiger partial charge >= 0.3 is 21.7 Å². The molecule has 0 radical (unpaired) electrons. The Morgan fingerprint density at radius 1 is 0.962 bits per heavy atom. The molecule has 0 atom stereocenters. The second-order valence-electron chi connectivity index (χ2n) is 5.48. The van der Waals surface area contributed by atoms with E-state index in [1.165, 1.54) is 16.2 Å². The smallest absolute Gasteiger partial charge is 1.00 e. The van der Waals surface area contributed by atoms with E-state index in [-0.39, 0.29) is 46.5 Å². The summed E-state index contributed by atoms with van der Waals surface area (Å²) in [5.74, 6) is 0. The maximum absolute atomic E-state index is 4.59. The third-order valence-electron chi connectivity index (χ3n) is 3.87. The summed E-state index contributed by atoms with van der Waals surface area (Å²) in [4.78, 5) is 0. The fourth-order valence-electron chi connectivity index (χ4n) is 2.70. The van der Waals surface area contributed by atoms with E-state index in [2.05, 4.69) is 65.9 Å². The topological polar surface area (TPSA) is 17.8 Å². The third-order valence-corrected chi connectivity index (χ3v) is 3.87. The average molecular weight is 415 g/mol. The van der Waals surface area contributed by atoms with Crippen LogP contribution in [0, 0.1) is 6.08 Å². The molecule has 2 nitrogen and oxygen atoms in total. The van der Waals surface area contributed by atoms with Crippen LogP contribution >= 0.6 is 0 Å². The van der Waals surface area contributed by atoms with Crippen molar-refractivity contribution in [2.24, 2.45) is 0 Å². The monoisotopic (exact) mass is 414 g/mol. The summed E-state index contributed by atoms with van der Waals surface area (Å²) < 4.78 is 1.95. The molecule has 0 fully saturated rings. The fourth-order valence-corrected chi connectivity index (χ4v) is 2.70. The van der Waals surface area contributed by atoms with E-state index in [4.69, 9.17) is 0 Å². The number of rotatable bonds is 1. The van der Waals surface area contributed by atoms with Gasteiger partial charge < -0.3 is 24.8 Å². The first-order chi connectivity index (χ1) is 11.4. The van der Waals surface area contributed by atoms with Crippen molar-refractivity contribution in [2.75, 3.05) is 0 Å². The van der Waals surface area contributed by atoms with E-state index >= 15 is 0 Å². The Morgan fingerprint density at radius 3 is 2.31 bits per heavy atom. The summed E-state index contributed by atoms with van der Waals surface area (Å²) in [7, 11) is 0. The quantitative estimate of drug-likeness (QED) is 0.295. The van der Waals surface area contributed by atoms with Crippen molar-refractivity contribution in [3.63, 3.8) is 0 Å². The van der Waals surface area contributed by atoms with E-state index in [1.54, 1.807) is 0 Å². The number of hydrogen-bond donors (Lipinski definition) is 0. The van der Waals surface area contributed by atoms with Crippen LogP contribution in [0.4, 0.5) is 0 Å². The largest absolute Gasteiger partial charge is 4.00 e. The van der Waals surface area contributed by atoms with Crippen LogP contribution in [-0.2, 0) is 21.7 Å². The molecule has 4 aromatic rings. The van der Waals surface area contributed by atoms with E-state index < -0.39 is 0 Å². The molecule has 1 aliphatic rings. The number of allylic oxidation sites excluding steroid dienone is 4. The van der Waals surface area contributed by atoms with Gasteiger partial charge in [0.15, 0.2) is 0 Å². The molecule has 26 heavy (non-hydrogen) atoms. The van der Waals surface area contributed by atoms with Crippen molar-refractivity contribution in [1.82, 2.24) is 9.78 Å². The van der Waals surface area contributed by atoms with Crippen LogP contribution in [0.2, 0.25) is 0 Å². The first-order valence-electron chi connectivity index (χ1n) is 7.72. The summed E-state index contributed by atoms with van der Waals surface area (Å²) in [5, 5.41) is 8.28. The van der Waals surface area contributed by atoms with Gasteiger partial charge in [0.25, 0.3) is 0 Å². The van der Waals surface area contributed by atoms with Gasteiger partial charge in [-0.2, -0.15) is 11.2 Å². The van der Waals surface area contributed by atoms with Gasteiger partial charge in [-0.05, 0) is 11.8 Å². The van der Waals surface area contributed by atoms with Crippen molar-refractivity contribution in [2.45, 2.75) is 6.42 Å². The van der Waals surface area contributed by atoms with Gasteiger partial charge in [0.2, 0.25) is 0 Å². The van der Waals surface area contributed by atoms with Gasteiger partial charge in [0, 0.05) is 11.6 Å². The van der Waals surface area contributed by atoms with Crippen molar-refractivity contribution in [3.05, 3.63) is 91.2 Å². The summed E-state index contributed by atoms with van der Waals surface area (Å²) in [6.07, 6.45) is 12.1. The van der Waals surface area contributed by atoms with E-state index in [1.807, 2.05) is 35.0 Å². The van der Waals surface area contributed by atoms with Gasteiger partial charge in [0.05, 0.1) is 5.52 Å².